The van der Waals surface area contributed by atoms with E-state index >= 15 is 0 Å². The van der Waals surface area contributed by atoms with E-state index < -0.39 is 6.03 Å². The van der Waals surface area contributed by atoms with Gasteiger partial charge in [0.05, 0.1) is 0 Å². The van der Waals surface area contributed by atoms with Crippen LogP contribution in [-0.4, -0.2) is 16.0 Å². The van der Waals surface area contributed by atoms with E-state index in [1.807, 2.05) is 33.8 Å². The van der Waals surface area contributed by atoms with Gasteiger partial charge in [0.25, 0.3) is 0 Å². The van der Waals surface area contributed by atoms with Gasteiger partial charge in [-0.05, 0) is 17.9 Å². The van der Waals surface area contributed by atoms with Crippen LogP contribution < -0.4 is 11.1 Å². The minimum absolute atomic E-state index is 0.280. The fourth-order valence-electron chi connectivity index (χ4n) is 1.24. The lowest BCUT2D eigenvalue weighted by atomic mass is 10.1. The number of carbonyl (C=O) groups is 1. The number of carbonyl (C=O) groups excluding carboxylic acids is 1. The molecule has 16 heavy (non-hydrogen) atoms. The molecule has 0 fully saturated rings. The second-order valence-corrected chi connectivity index (χ2v) is 4.34. The minimum atomic E-state index is -0.643. The Morgan fingerprint density at radius 1 is 1.19 bits per heavy atom. The molecule has 1 heterocycles. The van der Waals surface area contributed by atoms with Crippen LogP contribution in [0.3, 0.4) is 0 Å². The molecule has 1 rings (SSSR count). The van der Waals surface area contributed by atoms with Crippen molar-refractivity contribution in [2.75, 3.05) is 5.32 Å². The summed E-state index contributed by atoms with van der Waals surface area (Å²) in [5, 5.41) is 2.41. The van der Waals surface area contributed by atoms with Crippen LogP contribution in [0.5, 0.6) is 0 Å². The molecule has 0 bridgehead atoms. The average molecular weight is 222 g/mol. The van der Waals surface area contributed by atoms with Crippen LogP contribution in [0.15, 0.2) is 6.07 Å². The van der Waals surface area contributed by atoms with Crippen molar-refractivity contribution >= 4 is 12.0 Å². The predicted octanol–water partition coefficient (Wildman–Crippen LogP) is 2.21. The monoisotopic (exact) mass is 222 g/mol. The van der Waals surface area contributed by atoms with E-state index in [9.17, 15) is 4.79 Å². The molecule has 88 valence electrons. The highest BCUT2D eigenvalue weighted by atomic mass is 16.2. The summed E-state index contributed by atoms with van der Waals surface area (Å²) >= 11 is 0. The first-order valence-corrected chi connectivity index (χ1v) is 5.35. The normalized spacial score (nSPS) is 10.9. The zero-order chi connectivity index (χ0) is 12.3. The first-order chi connectivity index (χ1) is 7.40. The van der Waals surface area contributed by atoms with E-state index in [2.05, 4.69) is 15.3 Å². The minimum Gasteiger partial charge on any atom is -0.351 e. The van der Waals surface area contributed by atoms with Gasteiger partial charge in [-0.1, -0.05) is 27.7 Å². The number of hydrogen-bond donors (Lipinski definition) is 2. The van der Waals surface area contributed by atoms with Crippen molar-refractivity contribution < 1.29 is 4.79 Å². The van der Waals surface area contributed by atoms with Crippen molar-refractivity contribution in [3.05, 3.63) is 17.5 Å². The second-order valence-electron chi connectivity index (χ2n) is 4.34. The van der Waals surface area contributed by atoms with Crippen LogP contribution in [0.1, 0.15) is 50.9 Å². The largest absolute Gasteiger partial charge is 0.351 e. The van der Waals surface area contributed by atoms with Crippen LogP contribution in [0, 0.1) is 0 Å². The van der Waals surface area contributed by atoms with Crippen LogP contribution in [-0.2, 0) is 0 Å². The van der Waals surface area contributed by atoms with Crippen molar-refractivity contribution in [1.29, 1.82) is 0 Å². The quantitative estimate of drug-likeness (QED) is 0.822. The zero-order valence-corrected chi connectivity index (χ0v) is 10.1. The molecule has 0 spiro atoms. The molecule has 0 aliphatic carbocycles. The molecule has 3 N–H and O–H groups in total. The van der Waals surface area contributed by atoms with Gasteiger partial charge in [0, 0.05) is 11.4 Å². The molecule has 0 aliphatic rings. The zero-order valence-electron chi connectivity index (χ0n) is 10.1. The van der Waals surface area contributed by atoms with Gasteiger partial charge in [-0.25, -0.2) is 14.8 Å². The summed E-state index contributed by atoms with van der Waals surface area (Å²) < 4.78 is 0. The molecular weight excluding hydrogens is 204 g/mol. The first kappa shape index (κ1) is 12.4. The maximum Gasteiger partial charge on any atom is 0.319 e. The maximum atomic E-state index is 10.8. The summed E-state index contributed by atoms with van der Waals surface area (Å²) in [4.78, 5) is 19.2. The summed E-state index contributed by atoms with van der Waals surface area (Å²) in [7, 11) is 0. The molecule has 5 heteroatoms. The Balaban J connectivity index is 3.13. The lowest BCUT2D eigenvalue weighted by Gasteiger charge is -2.11. The Bertz CT molecular complexity index is 361. The third-order valence-corrected chi connectivity index (χ3v) is 2.18. The van der Waals surface area contributed by atoms with Crippen LogP contribution in [0.25, 0.3) is 0 Å². The van der Waals surface area contributed by atoms with Crippen molar-refractivity contribution in [3.8, 4) is 0 Å². The number of nitrogens with zero attached hydrogens (tertiary/aromatic N) is 2. The van der Waals surface area contributed by atoms with E-state index in [0.717, 1.165) is 11.4 Å². The summed E-state index contributed by atoms with van der Waals surface area (Å²) in [5.74, 6) is 0.852. The van der Waals surface area contributed by atoms with Gasteiger partial charge in [-0.2, -0.15) is 0 Å². The van der Waals surface area contributed by atoms with Gasteiger partial charge in [-0.15, -0.1) is 0 Å². The molecule has 0 aliphatic heterocycles. The molecule has 0 unspecified atom stereocenters. The molecule has 5 nitrogen and oxygen atoms in total. The highest BCUT2D eigenvalue weighted by Crippen LogP contribution is 2.19. The molecule has 0 saturated heterocycles. The van der Waals surface area contributed by atoms with Gasteiger partial charge < -0.3 is 5.73 Å². The number of aromatic nitrogens is 2. The summed E-state index contributed by atoms with van der Waals surface area (Å²) in [6.07, 6.45) is 0. The summed E-state index contributed by atoms with van der Waals surface area (Å²) in [6.45, 7) is 8.17. The van der Waals surface area contributed by atoms with Crippen LogP contribution in [0.4, 0.5) is 10.7 Å². The highest BCUT2D eigenvalue weighted by molar-refractivity contribution is 5.85. The third-order valence-electron chi connectivity index (χ3n) is 2.18. The Hall–Kier alpha value is -1.65. The molecule has 0 radical (unpaired) electrons. The number of amides is 2. The van der Waals surface area contributed by atoms with E-state index in [1.54, 1.807) is 0 Å². The summed E-state index contributed by atoms with van der Waals surface area (Å²) in [5.41, 5.74) is 6.86. The Morgan fingerprint density at radius 2 is 1.62 bits per heavy atom. The van der Waals surface area contributed by atoms with Crippen molar-refractivity contribution in [1.82, 2.24) is 9.97 Å². The Morgan fingerprint density at radius 3 is 1.94 bits per heavy atom. The standard InChI is InChI=1S/C11H18N4O/c1-6(2)8-5-9(7(3)4)14-11(13-8)15-10(12)16/h5-7H,1-4H3,(H3,12,13,14,15,16). The molecule has 1 aromatic heterocycles. The molecule has 2 amide bonds. The summed E-state index contributed by atoms with van der Waals surface area (Å²) in [6, 6.07) is 1.32. The van der Waals surface area contributed by atoms with Crippen molar-refractivity contribution in [2.45, 2.75) is 39.5 Å². The highest BCUT2D eigenvalue weighted by Gasteiger charge is 2.10. The SMILES string of the molecule is CC(C)c1cc(C(C)C)nc(NC(N)=O)n1. The number of anilines is 1. The van der Waals surface area contributed by atoms with Crippen LogP contribution >= 0.6 is 0 Å². The number of urea groups is 1. The lowest BCUT2D eigenvalue weighted by Crippen LogP contribution is -2.21. The average Bonchev–Trinajstić information content (AvgIpc) is 2.15. The fraction of sp³-hybridized carbons (Fsp3) is 0.545. The Labute approximate surface area is 95.5 Å². The molecule has 1 aromatic rings. The van der Waals surface area contributed by atoms with E-state index in [-0.39, 0.29) is 17.8 Å². The van der Waals surface area contributed by atoms with Crippen molar-refractivity contribution in [3.63, 3.8) is 0 Å². The molecule has 0 aromatic carbocycles. The van der Waals surface area contributed by atoms with Crippen LogP contribution in [0.2, 0.25) is 0 Å². The van der Waals surface area contributed by atoms with Gasteiger partial charge in [0.1, 0.15) is 0 Å². The number of hydrogen-bond acceptors (Lipinski definition) is 3. The van der Waals surface area contributed by atoms with E-state index in [4.69, 9.17) is 5.73 Å². The van der Waals surface area contributed by atoms with Gasteiger partial charge in [0.15, 0.2) is 0 Å². The number of nitrogens with two attached hydrogens (primary N) is 1. The molecule has 0 saturated carbocycles. The number of rotatable bonds is 3. The predicted molar refractivity (Wildman–Crippen MR) is 63.4 cm³/mol. The first-order valence-electron chi connectivity index (χ1n) is 5.35. The molecular formula is C11H18N4O. The van der Waals surface area contributed by atoms with Crippen molar-refractivity contribution in [2.24, 2.45) is 5.73 Å². The third kappa shape index (κ3) is 3.18. The van der Waals surface area contributed by atoms with Gasteiger partial charge in [0.2, 0.25) is 5.95 Å². The topological polar surface area (TPSA) is 80.9 Å². The van der Waals surface area contributed by atoms with Gasteiger partial charge in [-0.3, -0.25) is 5.32 Å². The number of primary amides is 1. The van der Waals surface area contributed by atoms with E-state index in [0.29, 0.717) is 0 Å². The Kier molecular flexibility index (Phi) is 3.82. The second kappa shape index (κ2) is 4.92. The molecule has 0 atom stereocenters. The maximum absolute atomic E-state index is 10.8. The van der Waals surface area contributed by atoms with Gasteiger partial charge >= 0.3 is 6.03 Å². The smallest absolute Gasteiger partial charge is 0.319 e. The van der Waals surface area contributed by atoms with E-state index in [1.165, 1.54) is 0 Å². The number of nitrogens with one attached hydrogen (secondary N) is 1. The lowest BCUT2D eigenvalue weighted by molar-refractivity contribution is 0.259. The fourth-order valence-corrected chi connectivity index (χ4v) is 1.24.